The molecule has 0 aliphatic heterocycles. The first-order chi connectivity index (χ1) is 21.9. The second kappa shape index (κ2) is 11.9. The van der Waals surface area contributed by atoms with Crippen molar-refractivity contribution in [1.29, 1.82) is 0 Å². The SMILES string of the molecule is Nc1ccc(Nc2ccc(Cc3cc(Nc4ccc(Cc5ccc6nc7ccc(N)cc7cc6c5)cc4)ccc3N)cc2)cc1. The van der Waals surface area contributed by atoms with E-state index in [4.69, 9.17) is 22.2 Å². The van der Waals surface area contributed by atoms with Crippen LogP contribution in [0.15, 0.2) is 133 Å². The molecule has 0 bridgehead atoms. The van der Waals surface area contributed by atoms with Gasteiger partial charge in [0.1, 0.15) is 0 Å². The molecule has 0 unspecified atom stereocenters. The van der Waals surface area contributed by atoms with E-state index >= 15 is 0 Å². The summed E-state index contributed by atoms with van der Waals surface area (Å²) in [6.45, 7) is 0. The lowest BCUT2D eigenvalue weighted by atomic mass is 10.0. The molecular weight excluding hydrogens is 552 g/mol. The van der Waals surface area contributed by atoms with Gasteiger partial charge in [-0.1, -0.05) is 30.3 Å². The molecule has 7 aromatic rings. The molecule has 8 N–H and O–H groups in total. The maximum Gasteiger partial charge on any atom is 0.0711 e. The van der Waals surface area contributed by atoms with Crippen LogP contribution in [0.3, 0.4) is 0 Å². The molecule has 0 saturated carbocycles. The Hall–Kier alpha value is -6.01. The van der Waals surface area contributed by atoms with E-state index in [1.165, 1.54) is 16.7 Å². The summed E-state index contributed by atoms with van der Waals surface area (Å²) in [4.78, 5) is 4.80. The minimum atomic E-state index is 0.743. The number of anilines is 7. The van der Waals surface area contributed by atoms with Gasteiger partial charge in [0.05, 0.1) is 11.0 Å². The van der Waals surface area contributed by atoms with Gasteiger partial charge in [-0.25, -0.2) is 4.98 Å². The predicted octanol–water partition coefficient (Wildman–Crippen LogP) is 8.80. The van der Waals surface area contributed by atoms with Gasteiger partial charge in [0, 0.05) is 50.6 Å². The van der Waals surface area contributed by atoms with E-state index in [1.807, 2.05) is 54.6 Å². The molecule has 0 aliphatic rings. The predicted molar refractivity (Wildman–Crippen MR) is 190 cm³/mol. The smallest absolute Gasteiger partial charge is 0.0711 e. The number of rotatable bonds is 8. The number of pyridine rings is 1. The first-order valence-corrected chi connectivity index (χ1v) is 15.0. The fraction of sp³-hybridized carbons (Fsp3) is 0.0513. The molecule has 7 rings (SSSR count). The Labute approximate surface area is 262 Å². The fourth-order valence-electron chi connectivity index (χ4n) is 5.62. The molecule has 220 valence electrons. The van der Waals surface area contributed by atoms with Crippen molar-refractivity contribution in [3.63, 3.8) is 0 Å². The molecule has 1 heterocycles. The second-order valence-corrected chi connectivity index (χ2v) is 11.5. The normalized spacial score (nSPS) is 11.1. The van der Waals surface area contributed by atoms with E-state index < -0.39 is 0 Å². The van der Waals surface area contributed by atoms with Gasteiger partial charge < -0.3 is 27.8 Å². The average molecular weight is 587 g/mol. The van der Waals surface area contributed by atoms with Gasteiger partial charge in [-0.05, 0) is 138 Å². The lowest BCUT2D eigenvalue weighted by Crippen LogP contribution is -1.99. The zero-order valence-corrected chi connectivity index (χ0v) is 24.8. The van der Waals surface area contributed by atoms with Crippen LogP contribution in [0, 0.1) is 0 Å². The fourth-order valence-corrected chi connectivity index (χ4v) is 5.62. The number of hydrogen-bond acceptors (Lipinski definition) is 6. The van der Waals surface area contributed by atoms with E-state index in [9.17, 15) is 0 Å². The zero-order chi connectivity index (χ0) is 30.8. The van der Waals surface area contributed by atoms with Crippen LogP contribution < -0.4 is 27.8 Å². The molecule has 0 spiro atoms. The van der Waals surface area contributed by atoms with Crippen molar-refractivity contribution in [2.45, 2.75) is 12.8 Å². The summed E-state index contributed by atoms with van der Waals surface area (Å²) in [6.07, 6.45) is 1.58. The van der Waals surface area contributed by atoms with E-state index in [-0.39, 0.29) is 0 Å². The van der Waals surface area contributed by atoms with Crippen molar-refractivity contribution in [3.05, 3.63) is 156 Å². The number of fused-ring (bicyclic) bond motifs is 2. The standard InChI is InChI=1S/C39H34N6/c40-31-6-13-35(14-7-31)43-33-11-3-26(4-12-33)20-28-24-36(15-16-37(28)42)44-34-9-1-25(2-10-34)19-27-5-17-38-29(21-27)22-30-23-32(41)8-18-39(30)45-38/h1-18,21-24,43-44H,19-20,40-42H2. The Morgan fingerprint density at radius 3 is 1.62 bits per heavy atom. The summed E-state index contributed by atoms with van der Waals surface area (Å²) in [7, 11) is 0. The highest BCUT2D eigenvalue weighted by atomic mass is 14.9. The Kier molecular flexibility index (Phi) is 7.37. The van der Waals surface area contributed by atoms with Crippen molar-refractivity contribution in [2.75, 3.05) is 27.8 Å². The van der Waals surface area contributed by atoms with Crippen molar-refractivity contribution in [2.24, 2.45) is 0 Å². The van der Waals surface area contributed by atoms with Crippen LogP contribution >= 0.6 is 0 Å². The molecule has 1 aromatic heterocycles. The molecule has 6 heteroatoms. The molecule has 0 atom stereocenters. The highest BCUT2D eigenvalue weighted by Gasteiger charge is 2.07. The van der Waals surface area contributed by atoms with Crippen LogP contribution in [0.1, 0.15) is 22.3 Å². The molecule has 6 nitrogen and oxygen atoms in total. The molecule has 0 amide bonds. The summed E-state index contributed by atoms with van der Waals surface area (Å²) >= 11 is 0. The Morgan fingerprint density at radius 2 is 0.933 bits per heavy atom. The van der Waals surface area contributed by atoms with Gasteiger partial charge in [-0.15, -0.1) is 0 Å². The molecular formula is C39H34N6. The van der Waals surface area contributed by atoms with Crippen LogP contribution in [-0.4, -0.2) is 4.98 Å². The number of nitrogens with one attached hydrogen (secondary N) is 2. The van der Waals surface area contributed by atoms with E-state index in [1.54, 1.807) is 0 Å². The number of aromatic nitrogens is 1. The second-order valence-electron chi connectivity index (χ2n) is 11.5. The topological polar surface area (TPSA) is 115 Å². The lowest BCUT2D eigenvalue weighted by molar-refractivity contribution is 1.19. The molecule has 6 aromatic carbocycles. The van der Waals surface area contributed by atoms with Crippen LogP contribution in [0.5, 0.6) is 0 Å². The number of nitrogens with two attached hydrogens (primary N) is 3. The first kappa shape index (κ1) is 27.8. The third-order valence-electron chi connectivity index (χ3n) is 8.04. The molecule has 0 aliphatic carbocycles. The Bertz CT molecular complexity index is 2120. The van der Waals surface area contributed by atoms with Gasteiger partial charge >= 0.3 is 0 Å². The van der Waals surface area contributed by atoms with Crippen molar-refractivity contribution >= 4 is 61.6 Å². The van der Waals surface area contributed by atoms with E-state index in [0.29, 0.717) is 0 Å². The van der Waals surface area contributed by atoms with Crippen molar-refractivity contribution in [1.82, 2.24) is 4.98 Å². The maximum atomic E-state index is 6.38. The third kappa shape index (κ3) is 6.50. The molecule has 0 fully saturated rings. The average Bonchev–Trinajstić information content (AvgIpc) is 3.04. The Morgan fingerprint density at radius 1 is 0.422 bits per heavy atom. The van der Waals surface area contributed by atoms with Crippen molar-refractivity contribution in [3.8, 4) is 0 Å². The lowest BCUT2D eigenvalue weighted by Gasteiger charge is -2.13. The first-order valence-electron chi connectivity index (χ1n) is 15.0. The minimum Gasteiger partial charge on any atom is -0.399 e. The summed E-state index contributed by atoms with van der Waals surface area (Å²) in [5.74, 6) is 0. The molecule has 0 saturated heterocycles. The van der Waals surface area contributed by atoms with Crippen molar-refractivity contribution < 1.29 is 0 Å². The quantitative estimate of drug-likeness (QED) is 0.0898. The van der Waals surface area contributed by atoms with E-state index in [0.717, 1.165) is 80.0 Å². The number of nitrogen functional groups attached to an aromatic ring is 3. The molecule has 0 radical (unpaired) electrons. The maximum absolute atomic E-state index is 6.38. The van der Waals surface area contributed by atoms with E-state index in [2.05, 4.69) is 89.5 Å². The number of nitrogens with zero attached hydrogens (tertiary/aromatic N) is 1. The summed E-state index contributed by atoms with van der Waals surface area (Å²) < 4.78 is 0. The summed E-state index contributed by atoms with van der Waals surface area (Å²) in [5.41, 5.74) is 31.2. The third-order valence-corrected chi connectivity index (χ3v) is 8.04. The highest BCUT2D eigenvalue weighted by molar-refractivity contribution is 5.94. The number of hydrogen-bond donors (Lipinski definition) is 5. The largest absolute Gasteiger partial charge is 0.399 e. The van der Waals surface area contributed by atoms with Crippen LogP contribution in [0.4, 0.5) is 39.8 Å². The summed E-state index contributed by atoms with van der Waals surface area (Å²) in [5, 5.41) is 9.12. The Balaban J connectivity index is 1.00. The van der Waals surface area contributed by atoms with Gasteiger partial charge in [0.2, 0.25) is 0 Å². The highest BCUT2D eigenvalue weighted by Crippen LogP contribution is 2.27. The van der Waals surface area contributed by atoms with Crippen LogP contribution in [-0.2, 0) is 12.8 Å². The zero-order valence-electron chi connectivity index (χ0n) is 24.8. The number of benzene rings is 6. The van der Waals surface area contributed by atoms with Crippen LogP contribution in [0.2, 0.25) is 0 Å². The van der Waals surface area contributed by atoms with Gasteiger partial charge in [-0.3, -0.25) is 0 Å². The molecule has 45 heavy (non-hydrogen) atoms. The van der Waals surface area contributed by atoms with Gasteiger partial charge in [0.25, 0.3) is 0 Å². The van der Waals surface area contributed by atoms with Crippen LogP contribution in [0.25, 0.3) is 21.8 Å². The van der Waals surface area contributed by atoms with Gasteiger partial charge in [0.15, 0.2) is 0 Å². The monoisotopic (exact) mass is 586 g/mol. The summed E-state index contributed by atoms with van der Waals surface area (Å²) in [6, 6.07) is 45.3. The minimum absolute atomic E-state index is 0.743. The van der Waals surface area contributed by atoms with Gasteiger partial charge in [-0.2, -0.15) is 0 Å².